The molecule has 0 fully saturated rings. The Morgan fingerprint density at radius 2 is 2.00 bits per heavy atom. The van der Waals surface area contributed by atoms with Gasteiger partial charge in [-0.1, -0.05) is 0 Å². The van der Waals surface area contributed by atoms with Crippen LogP contribution in [0.5, 0.6) is 0 Å². The molecule has 0 aliphatic carbocycles. The van der Waals surface area contributed by atoms with Crippen molar-refractivity contribution >= 4 is 15.7 Å². The summed E-state index contributed by atoms with van der Waals surface area (Å²) in [6.07, 6.45) is 0. The Morgan fingerprint density at radius 1 is 1.50 bits per heavy atom. The van der Waals surface area contributed by atoms with Crippen LogP contribution < -0.4 is 0 Å². The van der Waals surface area contributed by atoms with E-state index >= 15 is 0 Å². The third-order valence-corrected chi connectivity index (χ3v) is 1.14. The van der Waals surface area contributed by atoms with E-state index < -0.39 is 0 Å². The first kappa shape index (κ1) is 11.6. The Balaban J connectivity index is 0.000000561. The first-order valence-corrected chi connectivity index (χ1v) is 7.05. The van der Waals surface area contributed by atoms with Crippen LogP contribution in [-0.4, -0.2) is 13.1 Å². The molecule has 0 spiro atoms. The molecule has 0 aliphatic heterocycles. The normalized spacial score (nSPS) is 8.00. The van der Waals surface area contributed by atoms with Crippen LogP contribution in [-0.2, 0) is 22.0 Å². The average molecular weight is 236 g/mol. The summed E-state index contributed by atoms with van der Waals surface area (Å²) in [5.41, 5.74) is 0.557. The van der Waals surface area contributed by atoms with E-state index in [9.17, 15) is 4.79 Å². The second kappa shape index (κ2) is 7.26. The third kappa shape index (κ3) is 3.84. The SMILES string of the molecule is COC(=O)c1cc[c-]cc1.[Cl][Zn+]. The predicted molar refractivity (Wildman–Crippen MR) is 42.5 cm³/mol. The van der Waals surface area contributed by atoms with E-state index in [1.165, 1.54) is 7.11 Å². The quantitative estimate of drug-likeness (QED) is 0.423. The Kier molecular flexibility index (Phi) is 7.02. The third-order valence-electron chi connectivity index (χ3n) is 1.14. The number of ether oxygens (including phenoxy) is 1. The Labute approximate surface area is 85.6 Å². The maximum atomic E-state index is 10.8. The van der Waals surface area contributed by atoms with E-state index in [0.717, 1.165) is 17.3 Å². The van der Waals surface area contributed by atoms with Gasteiger partial charge in [-0.15, -0.1) is 0 Å². The van der Waals surface area contributed by atoms with Crippen molar-refractivity contribution in [3.8, 4) is 0 Å². The predicted octanol–water partition coefficient (Wildman–Crippen LogP) is 1.96. The molecule has 0 bridgehead atoms. The van der Waals surface area contributed by atoms with Gasteiger partial charge in [-0.25, -0.2) is 4.79 Å². The molecule has 0 aromatic heterocycles. The van der Waals surface area contributed by atoms with Gasteiger partial charge in [0.2, 0.25) is 0 Å². The van der Waals surface area contributed by atoms with Crippen LogP contribution in [0.1, 0.15) is 10.4 Å². The van der Waals surface area contributed by atoms with Gasteiger partial charge in [0.15, 0.2) is 0 Å². The molecule has 0 unspecified atom stereocenters. The molecule has 0 aliphatic rings. The zero-order chi connectivity index (χ0) is 9.40. The molecule has 1 rings (SSSR count). The molecule has 4 heteroatoms. The van der Waals surface area contributed by atoms with Gasteiger partial charge in [-0.05, 0) is 5.56 Å². The fourth-order valence-electron chi connectivity index (χ4n) is 0.641. The number of rotatable bonds is 1. The molecule has 1 aromatic rings. The minimum atomic E-state index is -0.311. The van der Waals surface area contributed by atoms with Crippen molar-refractivity contribution < 1.29 is 26.8 Å². The Bertz CT molecular complexity index is 226. The van der Waals surface area contributed by atoms with Gasteiger partial charge in [0.05, 0.1) is 7.11 Å². The Morgan fingerprint density at radius 3 is 2.42 bits per heavy atom. The van der Waals surface area contributed by atoms with Gasteiger partial charge in [0.25, 0.3) is 0 Å². The fraction of sp³-hybridized carbons (Fsp3) is 0.125. The second-order valence-corrected chi connectivity index (χ2v) is 1.78. The van der Waals surface area contributed by atoms with Crippen LogP contribution >= 0.6 is 9.69 Å². The standard InChI is InChI=1S/C8H7O2.ClH.Zn/c1-10-8(9)7-5-3-2-4-6-7;;/h3-6H,1H3;1H;/q-1;;+2/p-1. The summed E-state index contributed by atoms with van der Waals surface area (Å²) in [5, 5.41) is 0. The molecule has 0 N–H and O–H groups in total. The average Bonchev–Trinajstić information content (AvgIpc) is 2.21. The van der Waals surface area contributed by atoms with Gasteiger partial charge < -0.3 is 4.74 Å². The van der Waals surface area contributed by atoms with Gasteiger partial charge in [-0.3, -0.25) is 0 Å². The van der Waals surface area contributed by atoms with Gasteiger partial charge in [-0.2, -0.15) is 30.3 Å². The van der Waals surface area contributed by atoms with Crippen LogP contribution in [0.2, 0.25) is 0 Å². The first-order chi connectivity index (χ1) is 5.84. The zero-order valence-corrected chi connectivity index (χ0v) is 10.4. The molecule has 0 heterocycles. The van der Waals surface area contributed by atoms with Gasteiger partial charge in [0.1, 0.15) is 0 Å². The molecule has 0 amide bonds. The molecule has 0 saturated carbocycles. The number of carbonyl (C=O) groups excluding carboxylic acids is 1. The van der Waals surface area contributed by atoms with Crippen molar-refractivity contribution in [1.82, 2.24) is 0 Å². The molecule has 0 atom stereocenters. The Hall–Kier alpha value is -0.397. The maximum absolute atomic E-state index is 10.8. The van der Waals surface area contributed by atoms with E-state index in [0.29, 0.717) is 5.56 Å². The number of esters is 1. The van der Waals surface area contributed by atoms with Crippen molar-refractivity contribution in [3.63, 3.8) is 0 Å². The summed E-state index contributed by atoms with van der Waals surface area (Å²) >= 11 is 0.847. The summed E-state index contributed by atoms with van der Waals surface area (Å²) in [6, 6.07) is 9.47. The van der Waals surface area contributed by atoms with Gasteiger partial charge >= 0.3 is 33.0 Å². The fourth-order valence-corrected chi connectivity index (χ4v) is 0.641. The van der Waals surface area contributed by atoms with E-state index in [2.05, 4.69) is 10.8 Å². The molecule has 0 radical (unpaired) electrons. The molecule has 2 nitrogen and oxygen atoms in total. The van der Waals surface area contributed by atoms with Crippen LogP contribution in [0.15, 0.2) is 24.3 Å². The summed E-state index contributed by atoms with van der Waals surface area (Å²) in [4.78, 5) is 10.8. The molecule has 12 heavy (non-hydrogen) atoms. The second-order valence-electron chi connectivity index (χ2n) is 1.78. The van der Waals surface area contributed by atoms with E-state index in [4.69, 9.17) is 9.69 Å². The van der Waals surface area contributed by atoms with E-state index in [1.54, 1.807) is 24.3 Å². The summed E-state index contributed by atoms with van der Waals surface area (Å²) in [7, 11) is 6.12. The summed E-state index contributed by atoms with van der Waals surface area (Å²) < 4.78 is 4.48. The van der Waals surface area contributed by atoms with Crippen molar-refractivity contribution in [1.29, 1.82) is 0 Å². The summed E-state index contributed by atoms with van der Waals surface area (Å²) in [6.45, 7) is 0. The van der Waals surface area contributed by atoms with Crippen LogP contribution in [0.4, 0.5) is 0 Å². The van der Waals surface area contributed by atoms with Crippen molar-refractivity contribution in [2.75, 3.05) is 7.11 Å². The van der Waals surface area contributed by atoms with Gasteiger partial charge in [0, 0.05) is 0 Å². The van der Waals surface area contributed by atoms with Crippen LogP contribution in [0.3, 0.4) is 0 Å². The number of hydrogen-bond donors (Lipinski definition) is 0. The van der Waals surface area contributed by atoms with Crippen molar-refractivity contribution in [2.24, 2.45) is 0 Å². The van der Waals surface area contributed by atoms with Crippen molar-refractivity contribution in [2.45, 2.75) is 0 Å². The topological polar surface area (TPSA) is 26.3 Å². The molecular formula is C8H7ClO2Zn. The number of hydrogen-bond acceptors (Lipinski definition) is 2. The molecule has 60 valence electrons. The number of methoxy groups -OCH3 is 1. The summed E-state index contributed by atoms with van der Waals surface area (Å²) in [5.74, 6) is -0.311. The van der Waals surface area contributed by atoms with E-state index in [1.807, 2.05) is 0 Å². The van der Waals surface area contributed by atoms with Crippen LogP contribution in [0, 0.1) is 6.07 Å². The number of benzene rings is 1. The minimum absolute atomic E-state index is 0.311. The number of carbonyl (C=O) groups is 1. The molecule has 1 aromatic carbocycles. The molecule has 0 saturated heterocycles. The van der Waals surface area contributed by atoms with E-state index in [-0.39, 0.29) is 5.97 Å². The van der Waals surface area contributed by atoms with Crippen LogP contribution in [0.25, 0.3) is 0 Å². The van der Waals surface area contributed by atoms with Crippen molar-refractivity contribution in [3.05, 3.63) is 35.9 Å². The molecular weight excluding hydrogens is 229 g/mol. The number of halogens is 1. The first-order valence-electron chi connectivity index (χ1n) is 3.16. The monoisotopic (exact) mass is 234 g/mol. The zero-order valence-electron chi connectivity index (χ0n) is 6.71.